The minimum atomic E-state index is -0.601. The zero-order chi connectivity index (χ0) is 17.4. The van der Waals surface area contributed by atoms with Gasteiger partial charge in [-0.1, -0.05) is 30.3 Å². The first-order valence-electron chi connectivity index (χ1n) is 7.84. The molecule has 0 radical (unpaired) electrons. The van der Waals surface area contributed by atoms with Gasteiger partial charge in [-0.15, -0.1) is 0 Å². The van der Waals surface area contributed by atoms with Gasteiger partial charge in [-0.25, -0.2) is 0 Å². The predicted molar refractivity (Wildman–Crippen MR) is 86.1 cm³/mol. The lowest BCUT2D eigenvalue weighted by molar-refractivity contribution is -0.196. The molecular weight excluding hydrogens is 312 g/mol. The first-order valence-corrected chi connectivity index (χ1v) is 7.84. The number of esters is 2. The molecule has 0 amide bonds. The molecule has 1 aliphatic rings. The summed E-state index contributed by atoms with van der Waals surface area (Å²) in [5.41, 5.74) is 1.17. The maximum atomic E-state index is 11.2. The summed E-state index contributed by atoms with van der Waals surface area (Å²) in [4.78, 5) is 22.1. The quantitative estimate of drug-likeness (QED) is 0.561. The number of ether oxygens (including phenoxy) is 4. The van der Waals surface area contributed by atoms with Gasteiger partial charge in [0, 0.05) is 13.8 Å². The van der Waals surface area contributed by atoms with Gasteiger partial charge in [0.2, 0.25) is 0 Å². The van der Waals surface area contributed by atoms with E-state index in [1.807, 2.05) is 30.3 Å². The molecule has 0 aromatic heterocycles. The monoisotopic (exact) mass is 334 g/mol. The van der Waals surface area contributed by atoms with Gasteiger partial charge in [0.15, 0.2) is 6.29 Å². The molecule has 1 heterocycles. The van der Waals surface area contributed by atoms with Crippen molar-refractivity contribution in [2.75, 3.05) is 13.2 Å². The van der Waals surface area contributed by atoms with Crippen molar-refractivity contribution < 1.29 is 28.5 Å². The van der Waals surface area contributed by atoms with Gasteiger partial charge in [0.25, 0.3) is 0 Å². The zero-order valence-electron chi connectivity index (χ0n) is 13.8. The highest BCUT2D eigenvalue weighted by atomic mass is 16.7. The van der Waals surface area contributed by atoms with E-state index in [-0.39, 0.29) is 6.61 Å². The lowest BCUT2D eigenvalue weighted by Gasteiger charge is -2.31. The van der Waals surface area contributed by atoms with Crippen LogP contribution in [0.5, 0.6) is 0 Å². The molecule has 1 aliphatic heterocycles. The number of hydrogen-bond acceptors (Lipinski definition) is 6. The average Bonchev–Trinajstić information content (AvgIpc) is 2.55. The molecule has 0 spiro atoms. The summed E-state index contributed by atoms with van der Waals surface area (Å²) < 4.78 is 21.5. The molecule has 130 valence electrons. The first kappa shape index (κ1) is 18.2. The van der Waals surface area contributed by atoms with Crippen LogP contribution in [-0.4, -0.2) is 43.7 Å². The minimum absolute atomic E-state index is 0.00380. The van der Waals surface area contributed by atoms with Crippen LogP contribution >= 0.6 is 0 Å². The molecule has 1 unspecified atom stereocenters. The first-order chi connectivity index (χ1) is 11.5. The molecule has 24 heavy (non-hydrogen) atoms. The van der Waals surface area contributed by atoms with Crippen LogP contribution < -0.4 is 0 Å². The Labute approximate surface area is 141 Å². The average molecular weight is 334 g/mol. The molecule has 0 aliphatic carbocycles. The van der Waals surface area contributed by atoms with Crippen molar-refractivity contribution in [1.29, 1.82) is 0 Å². The molecule has 0 saturated carbocycles. The van der Waals surface area contributed by atoms with Crippen molar-refractivity contribution in [1.82, 2.24) is 0 Å². The minimum Gasteiger partial charge on any atom is -0.463 e. The van der Waals surface area contributed by atoms with Crippen molar-refractivity contribution >= 4 is 11.9 Å². The Hall–Kier alpha value is -2.18. The summed E-state index contributed by atoms with van der Waals surface area (Å²) >= 11 is 0. The highest BCUT2D eigenvalue weighted by Crippen LogP contribution is 2.18. The highest BCUT2D eigenvalue weighted by Gasteiger charge is 2.30. The van der Waals surface area contributed by atoms with Crippen molar-refractivity contribution in [2.45, 2.75) is 38.8 Å². The van der Waals surface area contributed by atoms with Crippen molar-refractivity contribution in [3.63, 3.8) is 0 Å². The molecular formula is C18H22O6. The summed E-state index contributed by atoms with van der Waals surface area (Å²) in [5.74, 6) is -0.846. The normalized spacial score (nSPS) is 22.8. The number of rotatable bonds is 7. The Balaban J connectivity index is 1.86. The van der Waals surface area contributed by atoms with Crippen LogP contribution in [-0.2, 0) is 35.0 Å². The molecule has 0 bridgehead atoms. The van der Waals surface area contributed by atoms with Crippen LogP contribution in [0.2, 0.25) is 0 Å². The molecule has 1 aromatic rings. The summed E-state index contributed by atoms with van der Waals surface area (Å²) in [6.45, 7) is 3.11. The van der Waals surface area contributed by atoms with Crippen LogP contribution in [0.1, 0.15) is 19.4 Å². The molecule has 6 heteroatoms. The van der Waals surface area contributed by atoms with Crippen LogP contribution in [0.4, 0.5) is 0 Å². The highest BCUT2D eigenvalue weighted by molar-refractivity contribution is 5.66. The number of benzene rings is 1. The number of carbonyl (C=O) groups excluding carboxylic acids is 2. The van der Waals surface area contributed by atoms with Crippen molar-refractivity contribution in [2.24, 2.45) is 0 Å². The molecule has 6 nitrogen and oxygen atoms in total. The Morgan fingerprint density at radius 3 is 2.50 bits per heavy atom. The lowest BCUT2D eigenvalue weighted by Crippen LogP contribution is -2.42. The summed E-state index contributed by atoms with van der Waals surface area (Å²) in [6, 6.07) is 9.98. The van der Waals surface area contributed by atoms with Crippen LogP contribution in [0.15, 0.2) is 42.5 Å². The molecule has 2 rings (SSSR count). The van der Waals surface area contributed by atoms with Gasteiger partial charge in [-0.2, -0.15) is 0 Å². The Morgan fingerprint density at radius 1 is 1.08 bits per heavy atom. The molecule has 1 aromatic carbocycles. The van der Waals surface area contributed by atoms with E-state index in [2.05, 4.69) is 0 Å². The van der Waals surface area contributed by atoms with E-state index in [0.29, 0.717) is 6.61 Å². The van der Waals surface area contributed by atoms with Gasteiger partial charge in [-0.05, 0) is 24.1 Å². The Kier molecular flexibility index (Phi) is 6.96. The molecule has 0 fully saturated rings. The van der Waals surface area contributed by atoms with E-state index >= 15 is 0 Å². The van der Waals surface area contributed by atoms with Crippen molar-refractivity contribution in [3.8, 4) is 0 Å². The van der Waals surface area contributed by atoms with Gasteiger partial charge in [-0.3, -0.25) is 9.59 Å². The van der Waals surface area contributed by atoms with E-state index in [4.69, 9.17) is 18.9 Å². The Morgan fingerprint density at radius 2 is 1.83 bits per heavy atom. The van der Waals surface area contributed by atoms with E-state index in [1.165, 1.54) is 19.4 Å². The standard InChI is InChI=1S/C18H22O6/c1-13(19)22-12-17-16(23-14(2)20)8-9-18(24-17)21-11-10-15-6-4-3-5-7-15/h3-9,16-18H,10-12H2,1-2H3/t16-,17+,18?/m0/s1. The SMILES string of the molecule is CC(=O)OC[C@H]1OC(OCCc2ccccc2)C=C[C@@H]1OC(C)=O. The third-order valence-electron chi connectivity index (χ3n) is 3.40. The third-order valence-corrected chi connectivity index (χ3v) is 3.40. The fraction of sp³-hybridized carbons (Fsp3) is 0.444. The second-order valence-electron chi connectivity index (χ2n) is 5.41. The fourth-order valence-electron chi connectivity index (χ4n) is 2.29. The van der Waals surface area contributed by atoms with Gasteiger partial charge in [0.05, 0.1) is 6.61 Å². The predicted octanol–water partition coefficient (Wildman–Crippen LogP) is 2.02. The van der Waals surface area contributed by atoms with Crippen molar-refractivity contribution in [3.05, 3.63) is 48.0 Å². The molecule has 0 saturated heterocycles. The van der Waals surface area contributed by atoms with E-state index < -0.39 is 30.4 Å². The number of hydrogen-bond donors (Lipinski definition) is 0. The second kappa shape index (κ2) is 9.20. The van der Waals surface area contributed by atoms with E-state index in [9.17, 15) is 9.59 Å². The molecule has 3 atom stereocenters. The van der Waals surface area contributed by atoms with Crippen LogP contribution in [0, 0.1) is 0 Å². The van der Waals surface area contributed by atoms with Crippen LogP contribution in [0.3, 0.4) is 0 Å². The fourth-order valence-corrected chi connectivity index (χ4v) is 2.29. The third kappa shape index (κ3) is 6.14. The number of carbonyl (C=O) groups is 2. The van der Waals surface area contributed by atoms with Gasteiger partial charge in [0.1, 0.15) is 18.8 Å². The lowest BCUT2D eigenvalue weighted by atomic mass is 10.1. The van der Waals surface area contributed by atoms with E-state index in [0.717, 1.165) is 6.42 Å². The van der Waals surface area contributed by atoms with Gasteiger partial charge < -0.3 is 18.9 Å². The smallest absolute Gasteiger partial charge is 0.303 e. The Bertz CT molecular complexity index is 568. The largest absolute Gasteiger partial charge is 0.463 e. The topological polar surface area (TPSA) is 71.1 Å². The second-order valence-corrected chi connectivity index (χ2v) is 5.41. The maximum absolute atomic E-state index is 11.2. The maximum Gasteiger partial charge on any atom is 0.303 e. The summed E-state index contributed by atoms with van der Waals surface area (Å²) in [7, 11) is 0. The molecule has 0 N–H and O–H groups in total. The van der Waals surface area contributed by atoms with E-state index in [1.54, 1.807) is 12.2 Å². The van der Waals surface area contributed by atoms with Gasteiger partial charge >= 0.3 is 11.9 Å². The van der Waals surface area contributed by atoms with Crippen LogP contribution in [0.25, 0.3) is 0 Å². The zero-order valence-corrected chi connectivity index (χ0v) is 13.8. The summed E-state index contributed by atoms with van der Waals surface area (Å²) in [5, 5.41) is 0. The summed E-state index contributed by atoms with van der Waals surface area (Å²) in [6.07, 6.45) is 2.40.